The summed E-state index contributed by atoms with van der Waals surface area (Å²) in [4.78, 5) is 4.19. The van der Waals surface area contributed by atoms with Gasteiger partial charge in [0.2, 0.25) is 0 Å². The van der Waals surface area contributed by atoms with Crippen LogP contribution in [0.25, 0.3) is 10.9 Å². The molecule has 1 N–H and O–H groups in total. The van der Waals surface area contributed by atoms with E-state index in [1.807, 2.05) is 0 Å². The van der Waals surface area contributed by atoms with E-state index in [4.69, 9.17) is 0 Å². The molecule has 1 aliphatic rings. The molecule has 0 amide bonds. The van der Waals surface area contributed by atoms with Gasteiger partial charge >= 0.3 is 6.18 Å². The van der Waals surface area contributed by atoms with E-state index in [2.05, 4.69) is 10.3 Å². The average Bonchev–Trinajstić information content (AvgIpc) is 2.47. The first kappa shape index (κ1) is 17.0. The molecule has 1 aromatic heterocycles. The van der Waals surface area contributed by atoms with Crippen LogP contribution in [0.2, 0.25) is 0 Å². The maximum atomic E-state index is 12.9. The molecule has 8 heteroatoms. The van der Waals surface area contributed by atoms with Crippen molar-refractivity contribution in [2.75, 3.05) is 16.8 Å². The summed E-state index contributed by atoms with van der Waals surface area (Å²) in [6, 6.07) is 5.25. The van der Waals surface area contributed by atoms with Crippen molar-refractivity contribution in [2.45, 2.75) is 32.0 Å². The molecule has 0 bridgehead atoms. The second-order valence-electron chi connectivity index (χ2n) is 6.11. The first-order valence-corrected chi connectivity index (χ1v) is 9.42. The second-order valence-corrected chi connectivity index (χ2v) is 8.41. The van der Waals surface area contributed by atoms with Crippen LogP contribution in [-0.2, 0) is 16.0 Å². The van der Waals surface area contributed by atoms with E-state index < -0.39 is 21.6 Å². The minimum Gasteiger partial charge on any atom is -0.382 e. The topological polar surface area (TPSA) is 59.1 Å². The van der Waals surface area contributed by atoms with Crippen molar-refractivity contribution >= 4 is 26.4 Å². The standard InChI is InChI=1S/C16H17F3N2O2S/c1-10-8-14(21-12-4-6-24(22,23)7-5-12)13-3-2-11(16(17,18)19)9-15(13)20-10/h2-3,8-9,12H,4-7H2,1H3,(H,20,21). The molecule has 0 saturated carbocycles. The summed E-state index contributed by atoms with van der Waals surface area (Å²) in [6.07, 6.45) is -3.43. The Morgan fingerprint density at radius 3 is 2.46 bits per heavy atom. The van der Waals surface area contributed by atoms with Crippen LogP contribution < -0.4 is 5.32 Å². The number of pyridine rings is 1. The monoisotopic (exact) mass is 358 g/mol. The Morgan fingerprint density at radius 2 is 1.83 bits per heavy atom. The first-order chi connectivity index (χ1) is 11.1. The molecule has 24 heavy (non-hydrogen) atoms. The zero-order valence-electron chi connectivity index (χ0n) is 13.0. The SMILES string of the molecule is Cc1cc(NC2CCS(=O)(=O)CC2)c2ccc(C(F)(F)F)cc2n1. The third kappa shape index (κ3) is 3.63. The van der Waals surface area contributed by atoms with E-state index in [0.717, 1.165) is 12.1 Å². The van der Waals surface area contributed by atoms with E-state index in [-0.39, 0.29) is 23.1 Å². The number of aromatic nitrogens is 1. The molecule has 4 nitrogen and oxygen atoms in total. The van der Waals surface area contributed by atoms with E-state index in [0.29, 0.717) is 29.6 Å². The van der Waals surface area contributed by atoms with Gasteiger partial charge in [0.25, 0.3) is 0 Å². The fourth-order valence-corrected chi connectivity index (χ4v) is 4.40. The van der Waals surface area contributed by atoms with Crippen molar-refractivity contribution in [1.29, 1.82) is 0 Å². The zero-order chi connectivity index (χ0) is 17.5. The van der Waals surface area contributed by atoms with E-state index >= 15 is 0 Å². The second kappa shape index (κ2) is 5.91. The van der Waals surface area contributed by atoms with Gasteiger partial charge in [-0.15, -0.1) is 0 Å². The highest BCUT2D eigenvalue weighted by Crippen LogP contribution is 2.33. The molecule has 0 spiro atoms. The van der Waals surface area contributed by atoms with Crippen LogP contribution in [-0.4, -0.2) is 30.9 Å². The van der Waals surface area contributed by atoms with Crippen molar-refractivity contribution < 1.29 is 21.6 Å². The third-order valence-electron chi connectivity index (χ3n) is 4.18. The lowest BCUT2D eigenvalue weighted by molar-refractivity contribution is -0.137. The van der Waals surface area contributed by atoms with Crippen LogP contribution in [0.4, 0.5) is 18.9 Å². The van der Waals surface area contributed by atoms with Gasteiger partial charge in [0, 0.05) is 22.8 Å². The molecule has 1 saturated heterocycles. The Labute approximate surface area is 138 Å². The molecule has 2 aromatic rings. The number of hydrogen-bond donors (Lipinski definition) is 1. The average molecular weight is 358 g/mol. The van der Waals surface area contributed by atoms with E-state index in [9.17, 15) is 21.6 Å². The van der Waals surface area contributed by atoms with Crippen molar-refractivity contribution in [3.05, 3.63) is 35.5 Å². The minimum absolute atomic E-state index is 0.0131. The van der Waals surface area contributed by atoms with Crippen LogP contribution >= 0.6 is 0 Å². The highest BCUT2D eigenvalue weighted by atomic mass is 32.2. The number of hydrogen-bond acceptors (Lipinski definition) is 4. The van der Waals surface area contributed by atoms with Gasteiger partial charge < -0.3 is 5.32 Å². The van der Waals surface area contributed by atoms with Gasteiger partial charge in [-0.3, -0.25) is 4.98 Å². The van der Waals surface area contributed by atoms with Gasteiger partial charge in [0.15, 0.2) is 0 Å². The Morgan fingerprint density at radius 1 is 1.17 bits per heavy atom. The maximum absolute atomic E-state index is 12.9. The van der Waals surface area contributed by atoms with Gasteiger partial charge in [-0.2, -0.15) is 13.2 Å². The summed E-state index contributed by atoms with van der Waals surface area (Å²) in [5.41, 5.74) is 0.835. The predicted molar refractivity (Wildman–Crippen MR) is 86.8 cm³/mol. The Balaban J connectivity index is 1.93. The Kier molecular flexibility index (Phi) is 4.19. The van der Waals surface area contributed by atoms with E-state index in [1.54, 1.807) is 13.0 Å². The van der Waals surface area contributed by atoms with Gasteiger partial charge in [-0.25, -0.2) is 8.42 Å². The first-order valence-electron chi connectivity index (χ1n) is 7.60. The van der Waals surface area contributed by atoms with Gasteiger partial charge in [-0.05, 0) is 38.0 Å². The number of aryl methyl sites for hydroxylation is 1. The van der Waals surface area contributed by atoms with Crippen LogP contribution in [0.15, 0.2) is 24.3 Å². The molecular weight excluding hydrogens is 341 g/mol. The summed E-state index contributed by atoms with van der Waals surface area (Å²) in [7, 11) is -2.96. The molecule has 1 fully saturated rings. The number of anilines is 1. The molecular formula is C16H17F3N2O2S. The molecule has 0 radical (unpaired) electrons. The van der Waals surface area contributed by atoms with Gasteiger partial charge in [0.05, 0.1) is 22.6 Å². The highest BCUT2D eigenvalue weighted by molar-refractivity contribution is 7.91. The van der Waals surface area contributed by atoms with Crippen LogP contribution in [0.3, 0.4) is 0 Å². The number of benzene rings is 1. The molecule has 1 aromatic carbocycles. The number of rotatable bonds is 2. The van der Waals surface area contributed by atoms with Crippen LogP contribution in [0.5, 0.6) is 0 Å². The van der Waals surface area contributed by atoms with Crippen molar-refractivity contribution in [2.24, 2.45) is 0 Å². The van der Waals surface area contributed by atoms with Gasteiger partial charge in [0.1, 0.15) is 9.84 Å². The number of nitrogens with zero attached hydrogens (tertiary/aromatic N) is 1. The zero-order valence-corrected chi connectivity index (χ0v) is 13.8. The number of alkyl halides is 3. The molecule has 2 heterocycles. The summed E-state index contributed by atoms with van der Waals surface area (Å²) >= 11 is 0. The fraction of sp³-hybridized carbons (Fsp3) is 0.438. The molecule has 1 aliphatic heterocycles. The lowest BCUT2D eigenvalue weighted by atomic mass is 10.1. The summed E-state index contributed by atoms with van der Waals surface area (Å²) < 4.78 is 61.6. The maximum Gasteiger partial charge on any atom is 0.416 e. The predicted octanol–water partition coefficient (Wildman–Crippen LogP) is 3.55. The quantitative estimate of drug-likeness (QED) is 0.892. The molecule has 0 atom stereocenters. The molecule has 3 rings (SSSR count). The lowest BCUT2D eigenvalue weighted by Crippen LogP contribution is -2.32. The summed E-state index contributed by atoms with van der Waals surface area (Å²) in [5.74, 6) is 0.260. The van der Waals surface area contributed by atoms with Crippen LogP contribution in [0.1, 0.15) is 24.1 Å². The van der Waals surface area contributed by atoms with Gasteiger partial charge in [-0.1, -0.05) is 6.07 Å². The highest BCUT2D eigenvalue weighted by Gasteiger charge is 2.31. The van der Waals surface area contributed by atoms with Crippen LogP contribution in [0, 0.1) is 6.92 Å². The minimum atomic E-state index is -4.41. The largest absolute Gasteiger partial charge is 0.416 e. The van der Waals surface area contributed by atoms with Crippen molar-refractivity contribution in [3.8, 4) is 0 Å². The smallest absolute Gasteiger partial charge is 0.382 e. The third-order valence-corrected chi connectivity index (χ3v) is 5.89. The molecule has 0 unspecified atom stereocenters. The number of fused-ring (bicyclic) bond motifs is 1. The number of sulfone groups is 1. The normalized spacial score (nSPS) is 18.7. The Hall–Kier alpha value is -1.83. The summed E-state index contributed by atoms with van der Waals surface area (Å²) in [5, 5.41) is 3.87. The number of halogens is 3. The number of nitrogens with one attached hydrogen (secondary N) is 1. The fourth-order valence-electron chi connectivity index (χ4n) is 2.91. The molecule has 0 aliphatic carbocycles. The van der Waals surface area contributed by atoms with E-state index in [1.165, 1.54) is 6.07 Å². The Bertz CT molecular complexity index is 865. The molecule has 130 valence electrons. The van der Waals surface area contributed by atoms with Crippen molar-refractivity contribution in [3.63, 3.8) is 0 Å². The summed E-state index contributed by atoms with van der Waals surface area (Å²) in [6.45, 7) is 1.72. The lowest BCUT2D eigenvalue weighted by Gasteiger charge is -2.25. The van der Waals surface area contributed by atoms with Crippen molar-refractivity contribution in [1.82, 2.24) is 4.98 Å².